The summed E-state index contributed by atoms with van der Waals surface area (Å²) >= 11 is 0. The monoisotopic (exact) mass is 1460 g/mol. The van der Waals surface area contributed by atoms with Gasteiger partial charge in [0.05, 0.1) is 28.1 Å². The van der Waals surface area contributed by atoms with Crippen LogP contribution in [0.3, 0.4) is 0 Å². The van der Waals surface area contributed by atoms with Crippen LogP contribution in [0.1, 0.15) is 0 Å². The first-order valence-corrected chi connectivity index (χ1v) is 39.8. The lowest BCUT2D eigenvalue weighted by molar-refractivity contribution is 1.17. The van der Waals surface area contributed by atoms with Crippen molar-refractivity contribution in [3.8, 4) is 83.6 Å². The van der Waals surface area contributed by atoms with E-state index in [0.29, 0.717) is 0 Å². The summed E-state index contributed by atoms with van der Waals surface area (Å²) in [6.45, 7) is -0.343. The maximum absolute atomic E-state index is 2.70. The van der Waals surface area contributed by atoms with E-state index in [9.17, 15) is 0 Å². The molecule has 0 saturated heterocycles. The molecule has 0 bridgehead atoms. The van der Waals surface area contributed by atoms with Crippen molar-refractivity contribution in [1.82, 2.24) is 4.57 Å². The second-order valence-electron chi connectivity index (χ2n) is 30.5. The summed E-state index contributed by atoms with van der Waals surface area (Å²) in [5.74, 6) is 0. The fraction of sp³-hybridized carbons (Fsp3) is 0. The molecule has 0 N–H and O–H groups in total. The van der Waals surface area contributed by atoms with Crippen molar-refractivity contribution in [3.63, 3.8) is 0 Å². The van der Waals surface area contributed by atoms with Gasteiger partial charge in [0.15, 0.2) is 0 Å². The minimum absolute atomic E-state index is 0.343. The molecule has 0 radical (unpaired) electrons. The largest absolute Gasteiger partial charge is 0.310 e. The van der Waals surface area contributed by atoms with Gasteiger partial charge in [-0.15, -0.1) is 0 Å². The van der Waals surface area contributed by atoms with Gasteiger partial charge in [-0.2, -0.15) is 0 Å². The molecular weight excluding hydrogens is 1390 g/mol. The standard InChI is InChI=1S/C110H71BN4/c1-7-28-72(29-8-1)74-54-59-82(60-55-74)112(83-61-56-75(57-62-83)73-30-9-2-10-31-73)85-70-104-108-105(71-85)115(110-89(78-36-15-5-16-37-78)46-26-47-90(110)79-38-17-6-18-39-79)103-69-84(113-100-52-21-19-42-91(100)92-43-20-22-53-101(92)113)63-66-98(103)111(108)99-68-81(86-64-65-97-95-49-24-41-80-40-23-48-94(106(80)95)96-51-27-50-93(86)107(96)97)58-67-102(99)114(104)109-87(76-32-11-3-12-33-76)44-25-45-88(109)77-34-13-4-14-35-77/h1-71H. The molecule has 534 valence electrons. The van der Waals surface area contributed by atoms with Crippen molar-refractivity contribution in [1.29, 1.82) is 0 Å². The highest BCUT2D eigenvalue weighted by atomic mass is 15.2. The Balaban J connectivity index is 0.886. The van der Waals surface area contributed by atoms with Crippen LogP contribution in [0.25, 0.3) is 148 Å². The summed E-state index contributed by atoms with van der Waals surface area (Å²) < 4.78 is 2.50. The molecule has 115 heavy (non-hydrogen) atoms. The quantitative estimate of drug-likeness (QED) is 0.0650. The number of hydrogen-bond acceptors (Lipinski definition) is 3. The lowest BCUT2D eigenvalue weighted by atomic mass is 9.33. The van der Waals surface area contributed by atoms with Crippen molar-refractivity contribution < 1.29 is 0 Å². The van der Waals surface area contributed by atoms with Gasteiger partial charge in [0.1, 0.15) is 0 Å². The minimum Gasteiger partial charge on any atom is -0.310 e. The third-order valence-corrected chi connectivity index (χ3v) is 24.3. The zero-order chi connectivity index (χ0) is 75.6. The highest BCUT2D eigenvalue weighted by molar-refractivity contribution is 7.00. The number of rotatable bonds is 13. The van der Waals surface area contributed by atoms with Crippen LogP contribution in [0.15, 0.2) is 431 Å². The van der Waals surface area contributed by atoms with E-state index < -0.39 is 0 Å². The van der Waals surface area contributed by atoms with Crippen LogP contribution in [-0.2, 0) is 0 Å². The Morgan fingerprint density at radius 1 is 0.209 bits per heavy atom. The molecule has 23 rings (SSSR count). The maximum atomic E-state index is 2.70. The van der Waals surface area contributed by atoms with Gasteiger partial charge in [-0.05, 0) is 182 Å². The van der Waals surface area contributed by atoms with Gasteiger partial charge in [-0.3, -0.25) is 0 Å². The van der Waals surface area contributed by atoms with Gasteiger partial charge >= 0.3 is 0 Å². The zero-order valence-electron chi connectivity index (χ0n) is 62.9. The molecule has 2 aliphatic rings. The van der Waals surface area contributed by atoms with Crippen molar-refractivity contribution >= 4 is 139 Å². The van der Waals surface area contributed by atoms with Gasteiger partial charge in [0, 0.05) is 72.8 Å². The minimum atomic E-state index is -0.343. The molecule has 1 aromatic heterocycles. The summed E-state index contributed by atoms with van der Waals surface area (Å²) in [5, 5.41) is 12.6. The molecule has 3 heterocycles. The third kappa shape index (κ3) is 10.6. The molecule has 0 unspecified atom stereocenters. The number of benzene rings is 20. The number of anilines is 9. The molecule has 2 aliphatic heterocycles. The van der Waals surface area contributed by atoms with Gasteiger partial charge in [0.25, 0.3) is 6.71 Å². The number of para-hydroxylation sites is 4. The highest BCUT2D eigenvalue weighted by Crippen LogP contribution is 2.56. The van der Waals surface area contributed by atoms with Crippen molar-refractivity contribution in [2.24, 2.45) is 0 Å². The topological polar surface area (TPSA) is 14.7 Å². The predicted octanol–water partition coefficient (Wildman–Crippen LogP) is 28.1. The molecule has 4 nitrogen and oxygen atoms in total. The normalized spacial score (nSPS) is 12.3. The molecule has 5 heteroatoms. The molecule has 21 aromatic rings. The van der Waals surface area contributed by atoms with Crippen molar-refractivity contribution in [2.75, 3.05) is 14.7 Å². The lowest BCUT2D eigenvalue weighted by Gasteiger charge is -2.46. The molecule has 0 atom stereocenters. The summed E-state index contributed by atoms with van der Waals surface area (Å²) in [7, 11) is 0. The van der Waals surface area contributed by atoms with E-state index in [-0.39, 0.29) is 6.71 Å². The first-order valence-electron chi connectivity index (χ1n) is 39.8. The maximum Gasteiger partial charge on any atom is 0.252 e. The van der Waals surface area contributed by atoms with E-state index in [0.717, 1.165) is 140 Å². The Labute approximate surface area is 668 Å². The van der Waals surface area contributed by atoms with Crippen molar-refractivity contribution in [2.45, 2.75) is 0 Å². The van der Waals surface area contributed by atoms with Gasteiger partial charge in [0.2, 0.25) is 0 Å². The molecule has 0 amide bonds. The van der Waals surface area contributed by atoms with E-state index in [2.05, 4.69) is 450 Å². The molecular formula is C110H71BN4. The first-order chi connectivity index (χ1) is 57.1. The zero-order valence-corrected chi connectivity index (χ0v) is 62.9. The smallest absolute Gasteiger partial charge is 0.252 e. The summed E-state index contributed by atoms with van der Waals surface area (Å²) in [4.78, 5) is 7.89. The summed E-state index contributed by atoms with van der Waals surface area (Å²) in [5.41, 5.74) is 32.3. The van der Waals surface area contributed by atoms with Crippen molar-refractivity contribution in [3.05, 3.63) is 431 Å². The Kier molecular flexibility index (Phi) is 15.4. The molecule has 0 spiro atoms. The molecule has 0 aliphatic carbocycles. The average molecular weight is 1460 g/mol. The SMILES string of the molecule is c1ccc(-c2ccc(N(c3ccc(-c4ccccc4)cc3)c3cc4c5c(c3)N(c3c(-c6ccccc6)cccc3-c3ccccc3)c3cc(-n6c7ccccc7c7ccccc76)ccc3B5c3cc(-c5ccc6c7cccc8cccc(c9cccc5c96)c87)ccc3N4c3c(-c4ccccc4)cccc3-c3ccccc3)cc2)cc1. The fourth-order valence-electron chi connectivity index (χ4n) is 19.3. The Hall–Kier alpha value is -15.0. The van der Waals surface area contributed by atoms with Crippen LogP contribution in [-0.4, -0.2) is 11.3 Å². The highest BCUT2D eigenvalue weighted by Gasteiger charge is 2.46. The predicted molar refractivity (Wildman–Crippen MR) is 489 cm³/mol. The Morgan fingerprint density at radius 2 is 0.591 bits per heavy atom. The number of fused-ring (bicyclic) bond motifs is 9. The molecule has 0 fully saturated rings. The van der Waals surface area contributed by atoms with E-state index in [1.807, 2.05) is 0 Å². The van der Waals surface area contributed by atoms with E-state index in [4.69, 9.17) is 0 Å². The van der Waals surface area contributed by atoms with Gasteiger partial charge in [-0.1, -0.05) is 364 Å². The van der Waals surface area contributed by atoms with Crippen LogP contribution in [0.5, 0.6) is 0 Å². The van der Waals surface area contributed by atoms with E-state index >= 15 is 0 Å². The lowest BCUT2D eigenvalue weighted by Crippen LogP contribution is -2.61. The number of hydrogen-bond donors (Lipinski definition) is 0. The Morgan fingerprint density at radius 3 is 1.08 bits per heavy atom. The molecule has 0 saturated carbocycles. The second kappa shape index (κ2) is 26.9. The van der Waals surface area contributed by atoms with E-state index in [1.165, 1.54) is 75.8 Å². The van der Waals surface area contributed by atoms with Gasteiger partial charge in [-0.25, -0.2) is 0 Å². The molecule has 20 aromatic carbocycles. The van der Waals surface area contributed by atoms with E-state index in [1.54, 1.807) is 0 Å². The Bertz CT molecular complexity index is 7070. The second-order valence-corrected chi connectivity index (χ2v) is 30.5. The van der Waals surface area contributed by atoms with Crippen LogP contribution < -0.4 is 31.1 Å². The van der Waals surface area contributed by atoms with Crippen LogP contribution >= 0.6 is 0 Å². The summed E-state index contributed by atoms with van der Waals surface area (Å²) in [6.07, 6.45) is 0. The van der Waals surface area contributed by atoms with Crippen LogP contribution in [0, 0.1) is 0 Å². The number of aromatic nitrogens is 1. The summed E-state index contributed by atoms with van der Waals surface area (Å²) in [6, 6.07) is 161. The first kappa shape index (κ1) is 65.8. The third-order valence-electron chi connectivity index (χ3n) is 24.3. The number of nitrogens with zero attached hydrogens (tertiary/aromatic N) is 4. The van der Waals surface area contributed by atoms with Gasteiger partial charge < -0.3 is 19.3 Å². The average Bonchev–Trinajstić information content (AvgIpc) is 1.22. The van der Waals surface area contributed by atoms with Crippen LogP contribution in [0.4, 0.5) is 51.2 Å². The van der Waals surface area contributed by atoms with Crippen LogP contribution in [0.2, 0.25) is 0 Å². The fourth-order valence-corrected chi connectivity index (χ4v) is 19.3.